The number of aliphatic carboxylic acids is 1. The molecule has 1 amide bonds. The number of hydrogen-bond acceptors (Lipinski definition) is 4. The highest BCUT2D eigenvalue weighted by atomic mass is 32.2. The second kappa shape index (κ2) is 6.14. The third kappa shape index (κ3) is 3.53. The molecule has 0 saturated carbocycles. The average Bonchev–Trinajstić information content (AvgIpc) is 2.90. The summed E-state index contributed by atoms with van der Waals surface area (Å²) in [5, 5.41) is 12.0. The number of aryl methyl sites for hydroxylation is 1. The zero-order chi connectivity index (χ0) is 13.7. The third-order valence-corrected chi connectivity index (χ3v) is 4.30. The van der Waals surface area contributed by atoms with Gasteiger partial charge in [-0.25, -0.2) is 4.79 Å². The van der Waals surface area contributed by atoms with Gasteiger partial charge < -0.3 is 14.8 Å². The Balaban J connectivity index is 1.90. The average molecular weight is 283 g/mol. The zero-order valence-electron chi connectivity index (χ0n) is 10.6. The summed E-state index contributed by atoms with van der Waals surface area (Å²) in [6.07, 6.45) is 3.27. The van der Waals surface area contributed by atoms with E-state index < -0.39 is 11.5 Å². The van der Waals surface area contributed by atoms with Crippen LogP contribution in [0.5, 0.6) is 0 Å². The van der Waals surface area contributed by atoms with Gasteiger partial charge in [0.15, 0.2) is 0 Å². The third-order valence-electron chi connectivity index (χ3n) is 3.31. The number of carboxylic acids is 1. The molecule has 2 heterocycles. The van der Waals surface area contributed by atoms with Crippen LogP contribution < -0.4 is 5.32 Å². The summed E-state index contributed by atoms with van der Waals surface area (Å²) in [6.45, 7) is 0. The van der Waals surface area contributed by atoms with Gasteiger partial charge in [0.2, 0.25) is 5.91 Å². The molecule has 1 aromatic heterocycles. The first-order chi connectivity index (χ1) is 9.12. The summed E-state index contributed by atoms with van der Waals surface area (Å²) in [5.74, 6) is 1.11. The lowest BCUT2D eigenvalue weighted by molar-refractivity contribution is -0.148. The summed E-state index contributed by atoms with van der Waals surface area (Å²) >= 11 is 1.72. The van der Waals surface area contributed by atoms with Crippen LogP contribution in [-0.2, 0) is 16.0 Å². The van der Waals surface area contributed by atoms with E-state index in [1.54, 1.807) is 30.2 Å². The Labute approximate surface area is 115 Å². The Morgan fingerprint density at radius 3 is 2.74 bits per heavy atom. The van der Waals surface area contributed by atoms with Gasteiger partial charge in [0.05, 0.1) is 6.26 Å². The number of carbonyl (C=O) groups is 2. The number of rotatable bonds is 5. The molecule has 2 N–H and O–H groups in total. The first kappa shape index (κ1) is 14.0. The first-order valence-corrected chi connectivity index (χ1v) is 7.42. The van der Waals surface area contributed by atoms with Gasteiger partial charge in [-0.15, -0.1) is 0 Å². The van der Waals surface area contributed by atoms with Crippen molar-refractivity contribution in [3.63, 3.8) is 0 Å². The Hall–Kier alpha value is -1.43. The molecular formula is C13H17NO4S. The number of carbonyl (C=O) groups excluding carboxylic acids is 1. The van der Waals surface area contributed by atoms with Gasteiger partial charge in [0.1, 0.15) is 11.3 Å². The smallest absolute Gasteiger partial charge is 0.329 e. The van der Waals surface area contributed by atoms with Crippen LogP contribution in [0.1, 0.15) is 25.0 Å². The van der Waals surface area contributed by atoms with Gasteiger partial charge in [-0.3, -0.25) is 4.79 Å². The SMILES string of the molecule is O=C(CCc1ccco1)NC1(C(=O)O)CCSCC1. The highest BCUT2D eigenvalue weighted by molar-refractivity contribution is 7.99. The highest BCUT2D eigenvalue weighted by Gasteiger charge is 2.41. The van der Waals surface area contributed by atoms with Gasteiger partial charge >= 0.3 is 5.97 Å². The highest BCUT2D eigenvalue weighted by Crippen LogP contribution is 2.27. The fraction of sp³-hybridized carbons (Fsp3) is 0.538. The van der Waals surface area contributed by atoms with Crippen molar-refractivity contribution in [1.82, 2.24) is 5.32 Å². The summed E-state index contributed by atoms with van der Waals surface area (Å²) in [5.41, 5.74) is -1.08. The Bertz CT molecular complexity index is 438. The fourth-order valence-electron chi connectivity index (χ4n) is 2.13. The molecule has 19 heavy (non-hydrogen) atoms. The molecule has 6 heteroatoms. The molecule has 2 rings (SSSR count). The monoisotopic (exact) mass is 283 g/mol. The van der Waals surface area contributed by atoms with Crippen molar-refractivity contribution < 1.29 is 19.1 Å². The normalized spacial score (nSPS) is 17.9. The molecule has 0 unspecified atom stereocenters. The van der Waals surface area contributed by atoms with Crippen LogP contribution in [0.2, 0.25) is 0 Å². The van der Waals surface area contributed by atoms with Crippen molar-refractivity contribution in [3.8, 4) is 0 Å². The molecule has 1 aliphatic rings. The van der Waals surface area contributed by atoms with Crippen molar-refractivity contribution in [2.45, 2.75) is 31.2 Å². The van der Waals surface area contributed by atoms with Crippen LogP contribution in [0.15, 0.2) is 22.8 Å². The van der Waals surface area contributed by atoms with Crippen LogP contribution in [0, 0.1) is 0 Å². The van der Waals surface area contributed by atoms with Crippen LogP contribution >= 0.6 is 11.8 Å². The van der Waals surface area contributed by atoms with Crippen LogP contribution in [0.25, 0.3) is 0 Å². The van der Waals surface area contributed by atoms with Gasteiger partial charge in [-0.1, -0.05) is 0 Å². The van der Waals surface area contributed by atoms with Crippen molar-refractivity contribution in [1.29, 1.82) is 0 Å². The van der Waals surface area contributed by atoms with E-state index in [-0.39, 0.29) is 12.3 Å². The van der Waals surface area contributed by atoms with E-state index in [4.69, 9.17) is 4.42 Å². The lowest BCUT2D eigenvalue weighted by Gasteiger charge is -2.33. The van der Waals surface area contributed by atoms with E-state index in [1.807, 2.05) is 0 Å². The first-order valence-electron chi connectivity index (χ1n) is 6.27. The fourth-order valence-corrected chi connectivity index (χ4v) is 3.32. The molecule has 5 nitrogen and oxygen atoms in total. The molecule has 1 saturated heterocycles. The predicted octanol–water partition coefficient (Wildman–Crippen LogP) is 1.68. The quantitative estimate of drug-likeness (QED) is 0.859. The summed E-state index contributed by atoms with van der Waals surface area (Å²) in [6, 6.07) is 3.57. The lowest BCUT2D eigenvalue weighted by Crippen LogP contribution is -2.56. The lowest BCUT2D eigenvalue weighted by atomic mass is 9.92. The van der Waals surface area contributed by atoms with Crippen LogP contribution in [0.3, 0.4) is 0 Å². The molecule has 0 atom stereocenters. The molecule has 0 aliphatic carbocycles. The maximum Gasteiger partial charge on any atom is 0.329 e. The number of thioether (sulfide) groups is 1. The molecule has 1 aromatic rings. The standard InChI is InChI=1S/C13H17NO4S/c15-11(4-3-10-2-1-7-18-10)14-13(12(16)17)5-8-19-9-6-13/h1-2,7H,3-6,8-9H2,(H,14,15)(H,16,17). The second-order valence-electron chi connectivity index (χ2n) is 4.63. The van der Waals surface area contributed by atoms with E-state index in [1.165, 1.54) is 0 Å². The van der Waals surface area contributed by atoms with E-state index >= 15 is 0 Å². The molecule has 0 aromatic carbocycles. The Morgan fingerprint density at radius 2 is 2.16 bits per heavy atom. The summed E-state index contributed by atoms with van der Waals surface area (Å²) in [7, 11) is 0. The van der Waals surface area contributed by atoms with Crippen molar-refractivity contribution in [2.24, 2.45) is 0 Å². The van der Waals surface area contributed by atoms with Crippen LogP contribution in [0.4, 0.5) is 0 Å². The molecular weight excluding hydrogens is 266 g/mol. The molecule has 1 aliphatic heterocycles. The van der Waals surface area contributed by atoms with Crippen molar-refractivity contribution in [3.05, 3.63) is 24.2 Å². The Kier molecular flexibility index (Phi) is 4.52. The minimum Gasteiger partial charge on any atom is -0.480 e. The summed E-state index contributed by atoms with van der Waals surface area (Å²) < 4.78 is 5.15. The topological polar surface area (TPSA) is 79.5 Å². The van der Waals surface area contributed by atoms with Crippen LogP contribution in [-0.4, -0.2) is 34.0 Å². The minimum absolute atomic E-state index is 0.231. The number of amides is 1. The predicted molar refractivity (Wildman–Crippen MR) is 72.1 cm³/mol. The molecule has 0 spiro atoms. The van der Waals surface area contributed by atoms with Gasteiger partial charge in [-0.05, 0) is 36.5 Å². The second-order valence-corrected chi connectivity index (χ2v) is 5.85. The van der Waals surface area contributed by atoms with Crippen molar-refractivity contribution in [2.75, 3.05) is 11.5 Å². The van der Waals surface area contributed by atoms with Gasteiger partial charge in [-0.2, -0.15) is 11.8 Å². The maximum atomic E-state index is 11.9. The summed E-state index contributed by atoms with van der Waals surface area (Å²) in [4.78, 5) is 23.3. The molecule has 104 valence electrons. The number of carboxylic acid groups (broad SMARTS) is 1. The van der Waals surface area contributed by atoms with E-state index in [0.717, 1.165) is 17.3 Å². The zero-order valence-corrected chi connectivity index (χ0v) is 11.4. The Morgan fingerprint density at radius 1 is 1.42 bits per heavy atom. The van der Waals surface area contributed by atoms with E-state index in [0.29, 0.717) is 19.3 Å². The number of furan rings is 1. The minimum atomic E-state index is -1.08. The molecule has 1 fully saturated rings. The number of hydrogen-bond donors (Lipinski definition) is 2. The number of nitrogens with one attached hydrogen (secondary N) is 1. The van der Waals surface area contributed by atoms with E-state index in [9.17, 15) is 14.7 Å². The largest absolute Gasteiger partial charge is 0.480 e. The van der Waals surface area contributed by atoms with Gasteiger partial charge in [0.25, 0.3) is 0 Å². The maximum absolute atomic E-state index is 11.9. The van der Waals surface area contributed by atoms with Crippen molar-refractivity contribution >= 4 is 23.6 Å². The van der Waals surface area contributed by atoms with E-state index in [2.05, 4.69) is 5.32 Å². The molecule has 0 radical (unpaired) electrons. The van der Waals surface area contributed by atoms with Gasteiger partial charge in [0, 0.05) is 12.8 Å². The molecule has 0 bridgehead atoms.